The van der Waals surface area contributed by atoms with Crippen molar-refractivity contribution in [1.82, 2.24) is 10.3 Å². The molecule has 1 aromatic carbocycles. The molecule has 0 aliphatic heterocycles. The average Bonchev–Trinajstić information content (AvgIpc) is 2.45. The molecule has 0 saturated heterocycles. The van der Waals surface area contributed by atoms with Crippen LogP contribution in [0.3, 0.4) is 0 Å². The molecule has 0 saturated carbocycles. The van der Waals surface area contributed by atoms with E-state index in [1.807, 2.05) is 12.1 Å². The van der Waals surface area contributed by atoms with E-state index >= 15 is 0 Å². The minimum atomic E-state index is -0.343. The first kappa shape index (κ1) is 15.4. The van der Waals surface area contributed by atoms with Gasteiger partial charge in [-0.3, -0.25) is 0 Å². The summed E-state index contributed by atoms with van der Waals surface area (Å²) in [5.74, 6) is 0.876. The predicted octanol–water partition coefficient (Wildman–Crippen LogP) is 4.07. The van der Waals surface area contributed by atoms with E-state index in [4.69, 9.17) is 4.74 Å². The van der Waals surface area contributed by atoms with Gasteiger partial charge in [0.15, 0.2) is 11.6 Å². The van der Waals surface area contributed by atoms with E-state index < -0.39 is 0 Å². The van der Waals surface area contributed by atoms with Gasteiger partial charge in [-0.05, 0) is 37.1 Å². The maximum absolute atomic E-state index is 14.0. The third kappa shape index (κ3) is 4.26. The van der Waals surface area contributed by atoms with Crippen LogP contribution in [-0.2, 0) is 6.54 Å². The predicted molar refractivity (Wildman–Crippen MR) is 82.0 cm³/mol. The molecule has 21 heavy (non-hydrogen) atoms. The van der Waals surface area contributed by atoms with Gasteiger partial charge >= 0.3 is 0 Å². The Balaban J connectivity index is 2.14. The standard InChI is InChI=1S/C17H21FN2O/c1-12(2)10-19-11-14-7-5-9-20-17(14)21-15-8-4-6-13(3)16(15)18/h4-9,12,19H,10-11H2,1-3H3. The van der Waals surface area contributed by atoms with Gasteiger partial charge < -0.3 is 10.1 Å². The first-order valence-corrected chi connectivity index (χ1v) is 7.15. The molecule has 0 radical (unpaired) electrons. The number of halogens is 1. The van der Waals surface area contributed by atoms with Gasteiger partial charge in [0.05, 0.1) is 0 Å². The Morgan fingerprint density at radius 3 is 2.81 bits per heavy atom. The van der Waals surface area contributed by atoms with Crippen LogP contribution in [0.1, 0.15) is 25.0 Å². The van der Waals surface area contributed by atoms with Crippen LogP contribution in [0, 0.1) is 18.7 Å². The lowest BCUT2D eigenvalue weighted by atomic mass is 10.2. The maximum Gasteiger partial charge on any atom is 0.223 e. The van der Waals surface area contributed by atoms with Crippen LogP contribution in [0.5, 0.6) is 11.6 Å². The Hall–Kier alpha value is -1.94. The van der Waals surface area contributed by atoms with Gasteiger partial charge in [0, 0.05) is 18.3 Å². The minimum Gasteiger partial charge on any atom is -0.436 e. The summed E-state index contributed by atoms with van der Waals surface area (Å²) in [5.41, 5.74) is 1.47. The van der Waals surface area contributed by atoms with Crippen LogP contribution in [0.15, 0.2) is 36.5 Å². The second-order valence-electron chi connectivity index (χ2n) is 5.48. The van der Waals surface area contributed by atoms with E-state index in [-0.39, 0.29) is 11.6 Å². The smallest absolute Gasteiger partial charge is 0.223 e. The molecule has 112 valence electrons. The molecule has 0 aliphatic carbocycles. The highest BCUT2D eigenvalue weighted by Crippen LogP contribution is 2.26. The molecule has 2 aromatic rings. The summed E-state index contributed by atoms with van der Waals surface area (Å²) in [4.78, 5) is 4.21. The van der Waals surface area contributed by atoms with Gasteiger partial charge in [0.1, 0.15) is 0 Å². The number of ether oxygens (including phenoxy) is 1. The van der Waals surface area contributed by atoms with E-state index in [2.05, 4.69) is 24.1 Å². The first-order valence-electron chi connectivity index (χ1n) is 7.15. The minimum absolute atomic E-state index is 0.207. The number of aromatic nitrogens is 1. The number of hydrogen-bond acceptors (Lipinski definition) is 3. The number of rotatable bonds is 6. The van der Waals surface area contributed by atoms with Gasteiger partial charge in [-0.25, -0.2) is 9.37 Å². The summed E-state index contributed by atoms with van der Waals surface area (Å²) in [5, 5.41) is 3.34. The van der Waals surface area contributed by atoms with Crippen molar-refractivity contribution in [2.75, 3.05) is 6.54 Å². The van der Waals surface area contributed by atoms with Crippen molar-refractivity contribution in [3.8, 4) is 11.6 Å². The summed E-state index contributed by atoms with van der Waals surface area (Å²) in [6.07, 6.45) is 1.65. The molecule has 1 heterocycles. The van der Waals surface area contributed by atoms with Crippen LogP contribution in [0.2, 0.25) is 0 Å². The highest BCUT2D eigenvalue weighted by Gasteiger charge is 2.11. The van der Waals surface area contributed by atoms with Gasteiger partial charge in [-0.1, -0.05) is 32.0 Å². The van der Waals surface area contributed by atoms with E-state index in [9.17, 15) is 4.39 Å². The molecular weight excluding hydrogens is 267 g/mol. The fourth-order valence-corrected chi connectivity index (χ4v) is 1.95. The Bertz CT molecular complexity index is 599. The highest BCUT2D eigenvalue weighted by atomic mass is 19.1. The molecule has 3 nitrogen and oxygen atoms in total. The number of aryl methyl sites for hydroxylation is 1. The zero-order valence-electron chi connectivity index (χ0n) is 12.7. The third-order valence-electron chi connectivity index (χ3n) is 3.08. The van der Waals surface area contributed by atoms with Crippen molar-refractivity contribution in [1.29, 1.82) is 0 Å². The number of nitrogens with zero attached hydrogens (tertiary/aromatic N) is 1. The first-order chi connectivity index (χ1) is 10.1. The topological polar surface area (TPSA) is 34.1 Å². The van der Waals surface area contributed by atoms with Crippen LogP contribution >= 0.6 is 0 Å². The fraction of sp³-hybridized carbons (Fsp3) is 0.353. The Labute approximate surface area is 125 Å². The van der Waals surface area contributed by atoms with E-state index in [1.54, 1.807) is 31.3 Å². The second kappa shape index (κ2) is 7.18. The normalized spacial score (nSPS) is 10.9. The van der Waals surface area contributed by atoms with Crippen LogP contribution in [0.25, 0.3) is 0 Å². The van der Waals surface area contributed by atoms with Gasteiger partial charge in [0.2, 0.25) is 5.88 Å². The molecule has 4 heteroatoms. The van der Waals surface area contributed by atoms with Crippen LogP contribution in [-0.4, -0.2) is 11.5 Å². The molecule has 0 aliphatic rings. The molecular formula is C17H21FN2O. The van der Waals surface area contributed by atoms with Crippen molar-refractivity contribution in [2.45, 2.75) is 27.3 Å². The quantitative estimate of drug-likeness (QED) is 0.870. The van der Waals surface area contributed by atoms with Crippen molar-refractivity contribution in [3.05, 3.63) is 53.5 Å². The van der Waals surface area contributed by atoms with Crippen molar-refractivity contribution in [2.24, 2.45) is 5.92 Å². The average molecular weight is 288 g/mol. The zero-order chi connectivity index (χ0) is 15.2. The van der Waals surface area contributed by atoms with Gasteiger partial charge in [0.25, 0.3) is 0 Å². The number of nitrogens with one attached hydrogen (secondary N) is 1. The lowest BCUT2D eigenvalue weighted by Crippen LogP contribution is -2.19. The van der Waals surface area contributed by atoms with Crippen LogP contribution < -0.4 is 10.1 Å². The number of pyridine rings is 1. The second-order valence-corrected chi connectivity index (χ2v) is 5.48. The van der Waals surface area contributed by atoms with E-state index in [0.29, 0.717) is 23.9 Å². The molecule has 2 rings (SSSR count). The summed E-state index contributed by atoms with van der Waals surface area (Å²) >= 11 is 0. The summed E-state index contributed by atoms with van der Waals surface area (Å²) in [7, 11) is 0. The third-order valence-corrected chi connectivity index (χ3v) is 3.08. The Morgan fingerprint density at radius 2 is 2.05 bits per heavy atom. The van der Waals surface area contributed by atoms with Crippen LogP contribution in [0.4, 0.5) is 4.39 Å². The molecule has 0 amide bonds. The monoisotopic (exact) mass is 288 g/mol. The lowest BCUT2D eigenvalue weighted by Gasteiger charge is -2.12. The zero-order valence-corrected chi connectivity index (χ0v) is 12.7. The number of benzene rings is 1. The Kier molecular flexibility index (Phi) is 5.28. The highest BCUT2D eigenvalue weighted by molar-refractivity contribution is 5.35. The largest absolute Gasteiger partial charge is 0.436 e. The van der Waals surface area contributed by atoms with E-state index in [1.165, 1.54) is 0 Å². The summed E-state index contributed by atoms with van der Waals surface area (Å²) < 4.78 is 19.7. The SMILES string of the molecule is Cc1cccc(Oc2ncccc2CNCC(C)C)c1F. The molecule has 0 atom stereocenters. The Morgan fingerprint density at radius 1 is 1.24 bits per heavy atom. The van der Waals surface area contributed by atoms with Crippen molar-refractivity contribution >= 4 is 0 Å². The van der Waals surface area contributed by atoms with Gasteiger partial charge in [-0.15, -0.1) is 0 Å². The number of hydrogen-bond donors (Lipinski definition) is 1. The molecule has 0 bridgehead atoms. The molecule has 1 aromatic heterocycles. The van der Waals surface area contributed by atoms with Gasteiger partial charge in [-0.2, -0.15) is 0 Å². The molecule has 1 N–H and O–H groups in total. The van der Waals surface area contributed by atoms with E-state index in [0.717, 1.165) is 12.1 Å². The summed E-state index contributed by atoms with van der Waals surface area (Å²) in [6.45, 7) is 7.57. The molecule has 0 unspecified atom stereocenters. The molecule has 0 spiro atoms. The lowest BCUT2D eigenvalue weighted by molar-refractivity contribution is 0.417. The van der Waals surface area contributed by atoms with Crippen molar-refractivity contribution in [3.63, 3.8) is 0 Å². The fourth-order valence-electron chi connectivity index (χ4n) is 1.95. The molecule has 0 fully saturated rings. The van der Waals surface area contributed by atoms with Crippen molar-refractivity contribution < 1.29 is 9.13 Å². The maximum atomic E-state index is 14.0. The summed E-state index contributed by atoms with van der Waals surface area (Å²) in [6, 6.07) is 8.89.